The molecule has 0 radical (unpaired) electrons. The molecule has 0 bridgehead atoms. The highest BCUT2D eigenvalue weighted by Gasteiger charge is 2.26. The normalized spacial score (nSPS) is 10.8. The van der Waals surface area contributed by atoms with Gasteiger partial charge in [-0.05, 0) is 16.5 Å². The molecule has 0 amide bonds. The van der Waals surface area contributed by atoms with Crippen molar-refractivity contribution in [2.75, 3.05) is 6.54 Å². The van der Waals surface area contributed by atoms with Crippen LogP contribution in [0.25, 0.3) is 5.82 Å². The van der Waals surface area contributed by atoms with Crippen LogP contribution in [0.4, 0.5) is 5.82 Å². The largest absolute Gasteiger partial charge is 0.407 e. The van der Waals surface area contributed by atoms with Crippen molar-refractivity contribution >= 4 is 5.82 Å². The van der Waals surface area contributed by atoms with Gasteiger partial charge in [-0.1, -0.05) is 0 Å². The second-order valence-electron chi connectivity index (χ2n) is 3.87. The second-order valence-corrected chi connectivity index (χ2v) is 3.87. The summed E-state index contributed by atoms with van der Waals surface area (Å²) in [4.78, 5) is 18.6. The number of rotatable bonds is 4. The molecule has 96 valence electrons. The fourth-order valence-corrected chi connectivity index (χ4v) is 1.81. The molecular formula is C10H14N6O2. The first-order chi connectivity index (χ1) is 8.56. The van der Waals surface area contributed by atoms with Crippen LogP contribution in [0.5, 0.6) is 0 Å². The van der Waals surface area contributed by atoms with Crippen molar-refractivity contribution in [2.45, 2.75) is 13.3 Å². The van der Waals surface area contributed by atoms with Crippen molar-refractivity contribution in [1.82, 2.24) is 19.1 Å². The molecular weight excluding hydrogens is 236 g/mol. The Morgan fingerprint density at radius 2 is 2.28 bits per heavy atom. The van der Waals surface area contributed by atoms with Gasteiger partial charge in [0.2, 0.25) is 11.6 Å². The molecule has 0 aliphatic carbocycles. The number of nitrogens with two attached hydrogens (primary N) is 1. The summed E-state index contributed by atoms with van der Waals surface area (Å²) in [5.41, 5.74) is 5.50. The Kier molecular flexibility index (Phi) is 3.11. The van der Waals surface area contributed by atoms with Crippen molar-refractivity contribution < 1.29 is 4.92 Å². The molecule has 2 aromatic rings. The van der Waals surface area contributed by atoms with Gasteiger partial charge in [0.05, 0.1) is 0 Å². The number of hydrogen-bond donors (Lipinski definition) is 1. The van der Waals surface area contributed by atoms with Crippen LogP contribution in [0.1, 0.15) is 11.6 Å². The lowest BCUT2D eigenvalue weighted by Gasteiger charge is -2.07. The van der Waals surface area contributed by atoms with E-state index in [1.165, 1.54) is 0 Å². The number of imidazole rings is 2. The van der Waals surface area contributed by atoms with E-state index in [1.807, 2.05) is 0 Å². The van der Waals surface area contributed by atoms with E-state index in [9.17, 15) is 10.1 Å². The van der Waals surface area contributed by atoms with Crippen molar-refractivity contribution in [1.29, 1.82) is 0 Å². The van der Waals surface area contributed by atoms with Crippen molar-refractivity contribution in [2.24, 2.45) is 12.8 Å². The Bertz CT molecular complexity index is 585. The summed E-state index contributed by atoms with van der Waals surface area (Å²) in [7, 11) is 1.73. The van der Waals surface area contributed by atoms with Crippen molar-refractivity contribution in [3.63, 3.8) is 0 Å². The highest BCUT2D eigenvalue weighted by atomic mass is 16.6. The Morgan fingerprint density at radius 3 is 2.89 bits per heavy atom. The predicted molar refractivity (Wildman–Crippen MR) is 64.5 cm³/mol. The minimum Gasteiger partial charge on any atom is -0.358 e. The molecule has 0 fully saturated rings. The second kappa shape index (κ2) is 4.57. The molecule has 18 heavy (non-hydrogen) atoms. The molecule has 8 nitrogen and oxygen atoms in total. The summed E-state index contributed by atoms with van der Waals surface area (Å²) >= 11 is 0. The molecule has 0 aliphatic heterocycles. The lowest BCUT2D eigenvalue weighted by Crippen LogP contribution is -2.12. The van der Waals surface area contributed by atoms with E-state index >= 15 is 0 Å². The molecule has 8 heteroatoms. The van der Waals surface area contributed by atoms with Crippen molar-refractivity contribution in [3.05, 3.63) is 34.2 Å². The molecule has 0 spiro atoms. The zero-order valence-electron chi connectivity index (χ0n) is 10.2. The summed E-state index contributed by atoms with van der Waals surface area (Å²) in [5.74, 6) is 1.48. The summed E-state index contributed by atoms with van der Waals surface area (Å²) < 4.78 is 3.32. The molecule has 0 aromatic carbocycles. The molecule has 2 aromatic heterocycles. The van der Waals surface area contributed by atoms with Crippen molar-refractivity contribution in [3.8, 4) is 5.82 Å². The van der Waals surface area contributed by atoms with E-state index in [4.69, 9.17) is 5.73 Å². The monoisotopic (exact) mass is 250 g/mol. The maximum absolute atomic E-state index is 11.0. The fraction of sp³-hybridized carbons (Fsp3) is 0.400. The average Bonchev–Trinajstić information content (AvgIpc) is 2.86. The summed E-state index contributed by atoms with van der Waals surface area (Å²) in [6, 6.07) is 0. The summed E-state index contributed by atoms with van der Waals surface area (Å²) in [6.45, 7) is 2.15. The Morgan fingerprint density at radius 1 is 1.56 bits per heavy atom. The van der Waals surface area contributed by atoms with Gasteiger partial charge in [-0.2, -0.15) is 0 Å². The first-order valence-electron chi connectivity index (χ1n) is 5.46. The third-order valence-corrected chi connectivity index (χ3v) is 2.76. The molecule has 2 rings (SSSR count). The van der Waals surface area contributed by atoms with Crippen LogP contribution in [0.3, 0.4) is 0 Å². The van der Waals surface area contributed by atoms with E-state index in [-0.39, 0.29) is 5.82 Å². The quantitative estimate of drug-likeness (QED) is 0.621. The van der Waals surface area contributed by atoms with Gasteiger partial charge in [-0.25, -0.2) is 4.98 Å². The zero-order valence-corrected chi connectivity index (χ0v) is 10.2. The number of nitrogens with zero attached hydrogens (tertiary/aromatic N) is 5. The lowest BCUT2D eigenvalue weighted by atomic mass is 10.4. The van der Waals surface area contributed by atoms with Crippen LogP contribution in [0, 0.1) is 17.0 Å². The maximum Gasteiger partial charge on any atom is 0.407 e. The van der Waals surface area contributed by atoms with Crippen LogP contribution in [0.2, 0.25) is 0 Å². The smallest absolute Gasteiger partial charge is 0.358 e. The van der Waals surface area contributed by atoms with Gasteiger partial charge < -0.3 is 15.8 Å². The summed E-state index contributed by atoms with van der Waals surface area (Å²) in [6.07, 6.45) is 3.82. The fourth-order valence-electron chi connectivity index (χ4n) is 1.81. The zero-order chi connectivity index (χ0) is 13.3. The van der Waals surface area contributed by atoms with E-state index in [2.05, 4.69) is 9.97 Å². The lowest BCUT2D eigenvalue weighted by molar-refractivity contribution is -0.389. The highest BCUT2D eigenvalue weighted by molar-refractivity contribution is 5.44. The Hall–Kier alpha value is -2.22. The molecule has 0 unspecified atom stereocenters. The topological polar surface area (TPSA) is 105 Å². The average molecular weight is 250 g/mol. The minimum absolute atomic E-state index is 0.175. The maximum atomic E-state index is 11.0. The summed E-state index contributed by atoms with van der Waals surface area (Å²) in [5, 5.41) is 11.0. The van der Waals surface area contributed by atoms with Gasteiger partial charge >= 0.3 is 5.82 Å². The third-order valence-electron chi connectivity index (χ3n) is 2.76. The van der Waals surface area contributed by atoms with E-state index < -0.39 is 4.92 Å². The third kappa shape index (κ3) is 1.86. The first-order valence-corrected chi connectivity index (χ1v) is 5.46. The van der Waals surface area contributed by atoms with Crippen LogP contribution in [-0.4, -0.2) is 30.6 Å². The molecule has 0 saturated heterocycles. The van der Waals surface area contributed by atoms with Gasteiger partial charge in [0.1, 0.15) is 5.82 Å². The van der Waals surface area contributed by atoms with E-state index in [1.54, 1.807) is 35.5 Å². The Balaban J connectivity index is 2.62. The van der Waals surface area contributed by atoms with Crippen LogP contribution < -0.4 is 5.73 Å². The number of nitro groups is 1. The van der Waals surface area contributed by atoms with Crippen LogP contribution in [-0.2, 0) is 13.5 Å². The van der Waals surface area contributed by atoms with E-state index in [0.29, 0.717) is 30.4 Å². The van der Waals surface area contributed by atoms with Gasteiger partial charge in [-0.3, -0.25) is 9.13 Å². The Labute approximate surface area is 103 Å². The number of aromatic nitrogens is 4. The molecule has 2 N–H and O–H groups in total. The molecule has 0 atom stereocenters. The van der Waals surface area contributed by atoms with Gasteiger partial charge in [0.15, 0.2) is 0 Å². The number of hydrogen-bond acceptors (Lipinski definition) is 5. The van der Waals surface area contributed by atoms with Crippen LogP contribution >= 0.6 is 0 Å². The minimum atomic E-state index is -0.492. The molecule has 0 aliphatic rings. The first kappa shape index (κ1) is 12.2. The highest BCUT2D eigenvalue weighted by Crippen LogP contribution is 2.23. The van der Waals surface area contributed by atoms with Gasteiger partial charge in [-0.15, -0.1) is 0 Å². The van der Waals surface area contributed by atoms with Gasteiger partial charge in [0.25, 0.3) is 0 Å². The van der Waals surface area contributed by atoms with Crippen LogP contribution in [0.15, 0.2) is 12.4 Å². The SMILES string of the molecule is Cc1nc([N+](=O)[O-])c(-n2ccnc2CCN)n1C. The van der Waals surface area contributed by atoms with Gasteiger partial charge in [0, 0.05) is 32.8 Å². The molecule has 2 heterocycles. The predicted octanol–water partition coefficient (Wildman–Crippen LogP) is 0.324. The standard InChI is InChI=1S/C10H14N6O2/c1-7-13-9(16(17)18)10(14(7)2)15-6-5-12-8(15)3-4-11/h5-6H,3-4,11H2,1-2H3. The van der Waals surface area contributed by atoms with E-state index in [0.717, 1.165) is 0 Å². The number of aryl methyl sites for hydroxylation is 1. The molecule has 0 saturated carbocycles.